The van der Waals surface area contributed by atoms with Crippen LogP contribution in [0.2, 0.25) is 0 Å². The maximum Gasteiger partial charge on any atom is 0.222 e. The predicted octanol–water partition coefficient (Wildman–Crippen LogP) is 4.28. The van der Waals surface area contributed by atoms with Gasteiger partial charge >= 0.3 is 0 Å². The van der Waals surface area contributed by atoms with Crippen LogP contribution in [0.1, 0.15) is 24.1 Å². The summed E-state index contributed by atoms with van der Waals surface area (Å²) in [5.41, 5.74) is 1.25. The van der Waals surface area contributed by atoms with Crippen LogP contribution in [0.4, 0.5) is 0 Å². The third-order valence-electron chi connectivity index (χ3n) is 4.05. The normalized spacial score (nSPS) is 14.7. The Bertz CT molecular complexity index is 671. The number of nitrogens with one attached hydrogen (secondary N) is 1. The number of benzene rings is 1. The van der Waals surface area contributed by atoms with E-state index in [1.807, 2.05) is 22.3 Å². The fourth-order valence-corrected chi connectivity index (χ4v) is 4.47. The van der Waals surface area contributed by atoms with Crippen LogP contribution in [0.5, 0.6) is 0 Å². The lowest BCUT2D eigenvalue weighted by Crippen LogP contribution is -2.28. The predicted molar refractivity (Wildman–Crippen MR) is 99.6 cm³/mol. The van der Waals surface area contributed by atoms with Crippen LogP contribution >= 0.6 is 27.3 Å². The van der Waals surface area contributed by atoms with Crippen molar-refractivity contribution in [3.8, 4) is 10.4 Å². The fourth-order valence-electron chi connectivity index (χ4n) is 2.83. The third kappa shape index (κ3) is 4.43. The molecule has 1 aliphatic rings. The lowest BCUT2D eigenvalue weighted by Gasteiger charge is -2.15. The van der Waals surface area contributed by atoms with Gasteiger partial charge in [-0.2, -0.15) is 0 Å². The first kappa shape index (κ1) is 16.7. The van der Waals surface area contributed by atoms with Gasteiger partial charge in [0, 0.05) is 45.8 Å². The highest BCUT2D eigenvalue weighted by Crippen LogP contribution is 2.33. The zero-order valence-corrected chi connectivity index (χ0v) is 15.5. The number of halogens is 1. The van der Waals surface area contributed by atoms with E-state index < -0.39 is 0 Å². The molecule has 0 aliphatic carbocycles. The molecule has 1 N–H and O–H groups in total. The Hall–Kier alpha value is -1.17. The summed E-state index contributed by atoms with van der Waals surface area (Å²) < 4.78 is 1.14. The smallest absolute Gasteiger partial charge is 0.222 e. The number of carbonyl (C=O) groups is 1. The SMILES string of the molecule is O=C1CCCN1CCCNCc1ccc(-c2ccccc2Br)s1. The van der Waals surface area contributed by atoms with Crippen molar-refractivity contribution in [1.82, 2.24) is 10.2 Å². The van der Waals surface area contributed by atoms with Crippen molar-refractivity contribution >= 4 is 33.2 Å². The van der Waals surface area contributed by atoms with Crippen LogP contribution in [-0.2, 0) is 11.3 Å². The molecule has 0 atom stereocenters. The van der Waals surface area contributed by atoms with Gasteiger partial charge in [-0.05, 0) is 37.6 Å². The van der Waals surface area contributed by atoms with Gasteiger partial charge in [-0.3, -0.25) is 4.79 Å². The summed E-state index contributed by atoms with van der Waals surface area (Å²) in [6, 6.07) is 12.7. The lowest BCUT2D eigenvalue weighted by molar-refractivity contribution is -0.127. The number of amides is 1. The van der Waals surface area contributed by atoms with E-state index in [9.17, 15) is 4.79 Å². The minimum Gasteiger partial charge on any atom is -0.343 e. The molecule has 5 heteroatoms. The fraction of sp³-hybridized carbons (Fsp3) is 0.389. The lowest BCUT2D eigenvalue weighted by atomic mass is 10.2. The molecule has 1 aromatic carbocycles. The molecule has 0 bridgehead atoms. The third-order valence-corrected chi connectivity index (χ3v) is 5.86. The number of hydrogen-bond donors (Lipinski definition) is 1. The molecule has 3 nitrogen and oxygen atoms in total. The monoisotopic (exact) mass is 392 g/mol. The van der Waals surface area contributed by atoms with Crippen LogP contribution in [0, 0.1) is 0 Å². The van der Waals surface area contributed by atoms with Crippen LogP contribution in [0.3, 0.4) is 0 Å². The summed E-state index contributed by atoms with van der Waals surface area (Å²) in [6.07, 6.45) is 2.79. The molecule has 23 heavy (non-hydrogen) atoms. The van der Waals surface area contributed by atoms with Crippen molar-refractivity contribution in [2.24, 2.45) is 0 Å². The summed E-state index contributed by atoms with van der Waals surface area (Å²) in [5.74, 6) is 0.321. The molecule has 1 saturated heterocycles. The Morgan fingerprint density at radius 3 is 2.87 bits per heavy atom. The largest absolute Gasteiger partial charge is 0.343 e. The first-order valence-electron chi connectivity index (χ1n) is 8.06. The minimum atomic E-state index is 0.321. The quantitative estimate of drug-likeness (QED) is 0.713. The summed E-state index contributed by atoms with van der Waals surface area (Å²) in [4.78, 5) is 16.1. The van der Waals surface area contributed by atoms with E-state index in [2.05, 4.69) is 51.6 Å². The van der Waals surface area contributed by atoms with Crippen LogP contribution in [0.15, 0.2) is 40.9 Å². The summed E-state index contributed by atoms with van der Waals surface area (Å²) in [5, 5.41) is 3.48. The van der Waals surface area contributed by atoms with Gasteiger partial charge < -0.3 is 10.2 Å². The standard InChI is InChI=1S/C18H21BrN2OS/c19-16-6-2-1-5-15(16)17-9-8-14(23-17)13-20-10-4-12-21-11-3-7-18(21)22/h1-2,5-6,8-9,20H,3-4,7,10-13H2. The van der Waals surface area contributed by atoms with Gasteiger partial charge in [-0.15, -0.1) is 11.3 Å². The zero-order valence-electron chi connectivity index (χ0n) is 13.1. The van der Waals surface area contributed by atoms with E-state index in [1.165, 1.54) is 15.3 Å². The van der Waals surface area contributed by atoms with Gasteiger partial charge in [-0.25, -0.2) is 0 Å². The van der Waals surface area contributed by atoms with Gasteiger partial charge in [0.1, 0.15) is 0 Å². The summed E-state index contributed by atoms with van der Waals surface area (Å²) >= 11 is 5.44. The van der Waals surface area contributed by atoms with E-state index >= 15 is 0 Å². The number of thiophene rings is 1. The van der Waals surface area contributed by atoms with E-state index in [0.29, 0.717) is 5.91 Å². The molecular weight excluding hydrogens is 372 g/mol. The molecule has 0 saturated carbocycles. The van der Waals surface area contributed by atoms with Crippen molar-refractivity contribution < 1.29 is 4.79 Å². The maximum absolute atomic E-state index is 11.5. The maximum atomic E-state index is 11.5. The van der Waals surface area contributed by atoms with Gasteiger partial charge in [0.25, 0.3) is 0 Å². The van der Waals surface area contributed by atoms with Crippen molar-refractivity contribution in [3.63, 3.8) is 0 Å². The van der Waals surface area contributed by atoms with E-state index in [4.69, 9.17) is 0 Å². The highest BCUT2D eigenvalue weighted by Gasteiger charge is 2.18. The number of rotatable bonds is 7. The minimum absolute atomic E-state index is 0.321. The summed E-state index contributed by atoms with van der Waals surface area (Å²) in [7, 11) is 0. The molecule has 2 heterocycles. The van der Waals surface area contributed by atoms with Crippen molar-refractivity contribution in [1.29, 1.82) is 0 Å². The number of carbonyl (C=O) groups excluding carboxylic acids is 1. The molecular formula is C18H21BrN2OS. The molecule has 1 amide bonds. The van der Waals surface area contributed by atoms with Gasteiger partial charge in [0.05, 0.1) is 0 Å². The van der Waals surface area contributed by atoms with Crippen LogP contribution in [0.25, 0.3) is 10.4 Å². The van der Waals surface area contributed by atoms with E-state index in [1.54, 1.807) is 0 Å². The van der Waals surface area contributed by atoms with Crippen molar-refractivity contribution in [3.05, 3.63) is 45.7 Å². The molecule has 0 radical (unpaired) electrons. The van der Waals surface area contributed by atoms with Crippen LogP contribution in [-0.4, -0.2) is 30.4 Å². The topological polar surface area (TPSA) is 32.3 Å². The van der Waals surface area contributed by atoms with Crippen LogP contribution < -0.4 is 5.32 Å². The molecule has 0 unspecified atom stereocenters. The second-order valence-corrected chi connectivity index (χ2v) is 7.78. The average Bonchev–Trinajstić information content (AvgIpc) is 3.17. The molecule has 3 rings (SSSR count). The number of likely N-dealkylation sites (tertiary alicyclic amines) is 1. The first-order chi connectivity index (χ1) is 11.2. The zero-order chi connectivity index (χ0) is 16.1. The second kappa shape index (κ2) is 8.08. The Balaban J connectivity index is 1.43. The number of nitrogens with zero attached hydrogens (tertiary/aromatic N) is 1. The van der Waals surface area contributed by atoms with Gasteiger partial charge in [0.2, 0.25) is 5.91 Å². The molecule has 1 aromatic heterocycles. The Kier molecular flexibility index (Phi) is 5.86. The Labute approximate surface area is 149 Å². The van der Waals surface area contributed by atoms with E-state index in [0.717, 1.165) is 49.9 Å². The second-order valence-electron chi connectivity index (χ2n) is 5.76. The molecule has 122 valence electrons. The highest BCUT2D eigenvalue weighted by atomic mass is 79.9. The van der Waals surface area contributed by atoms with Gasteiger partial charge in [-0.1, -0.05) is 34.1 Å². The summed E-state index contributed by atoms with van der Waals surface area (Å²) in [6.45, 7) is 3.67. The van der Waals surface area contributed by atoms with E-state index in [-0.39, 0.29) is 0 Å². The van der Waals surface area contributed by atoms with Gasteiger partial charge in [0.15, 0.2) is 0 Å². The number of hydrogen-bond acceptors (Lipinski definition) is 3. The first-order valence-corrected chi connectivity index (χ1v) is 9.67. The molecule has 2 aromatic rings. The Morgan fingerprint density at radius 1 is 1.22 bits per heavy atom. The van der Waals surface area contributed by atoms with Crippen molar-refractivity contribution in [2.45, 2.75) is 25.8 Å². The molecule has 0 spiro atoms. The molecule has 1 fully saturated rings. The highest BCUT2D eigenvalue weighted by molar-refractivity contribution is 9.10. The molecule has 1 aliphatic heterocycles. The Morgan fingerprint density at radius 2 is 2.09 bits per heavy atom. The average molecular weight is 393 g/mol. The van der Waals surface area contributed by atoms with Crippen molar-refractivity contribution in [2.75, 3.05) is 19.6 Å².